The van der Waals surface area contributed by atoms with Crippen LogP contribution in [0.25, 0.3) is 0 Å². The number of hydrogen-bond acceptors (Lipinski definition) is 6. The van der Waals surface area contributed by atoms with E-state index in [2.05, 4.69) is 47.5 Å². The van der Waals surface area contributed by atoms with E-state index in [9.17, 15) is 5.11 Å². The Balaban J connectivity index is 1.24. The second kappa shape index (κ2) is 9.92. The molecule has 4 saturated heterocycles. The van der Waals surface area contributed by atoms with E-state index in [-0.39, 0.29) is 17.7 Å². The summed E-state index contributed by atoms with van der Waals surface area (Å²) in [7, 11) is 0. The molecular weight excluding hydrogens is 456 g/mol. The number of piperidine rings is 3. The summed E-state index contributed by atoms with van der Waals surface area (Å²) in [6.07, 6.45) is 16.5. The molecule has 4 aliphatic rings. The van der Waals surface area contributed by atoms with Gasteiger partial charge in [-0.25, -0.2) is 0 Å². The molecule has 35 heavy (non-hydrogen) atoms. The SMILES string of the molecule is C[C@@H]1CC[C@@H](c2ccoc2)N2CC3(CC[C@@H](O)N4[C@H](c5ccoc5)CC[C@@H](C)[C@@H]4CSC3)CC[C@@H]12. The Morgan fingerprint density at radius 1 is 0.857 bits per heavy atom. The fourth-order valence-corrected chi connectivity index (χ4v) is 9.58. The first-order chi connectivity index (χ1) is 17.0. The van der Waals surface area contributed by atoms with Crippen molar-refractivity contribution in [1.29, 1.82) is 0 Å². The predicted molar refractivity (Wildman–Crippen MR) is 140 cm³/mol. The largest absolute Gasteiger partial charge is 0.472 e. The normalized spacial score (nSPS) is 41.5. The summed E-state index contributed by atoms with van der Waals surface area (Å²) in [5.74, 6) is 3.69. The van der Waals surface area contributed by atoms with Gasteiger partial charge in [-0.15, -0.1) is 0 Å². The van der Waals surface area contributed by atoms with Gasteiger partial charge in [0.1, 0.15) is 6.23 Å². The summed E-state index contributed by atoms with van der Waals surface area (Å²) in [6, 6.07) is 6.11. The quantitative estimate of drug-likeness (QED) is 0.511. The van der Waals surface area contributed by atoms with Gasteiger partial charge in [0.25, 0.3) is 0 Å². The zero-order valence-corrected chi connectivity index (χ0v) is 22.2. The van der Waals surface area contributed by atoms with E-state index < -0.39 is 0 Å². The highest BCUT2D eigenvalue weighted by atomic mass is 32.2. The second-order valence-corrected chi connectivity index (χ2v) is 13.1. The lowest BCUT2D eigenvalue weighted by atomic mass is 9.70. The average molecular weight is 499 g/mol. The van der Waals surface area contributed by atoms with Gasteiger partial charge in [0.15, 0.2) is 0 Å². The highest BCUT2D eigenvalue weighted by Crippen LogP contribution is 2.50. The van der Waals surface area contributed by atoms with Crippen molar-refractivity contribution in [3.63, 3.8) is 0 Å². The molecule has 0 amide bonds. The molecular formula is C29H42N2O3S. The lowest BCUT2D eigenvalue weighted by molar-refractivity contribution is -0.0962. The number of furan rings is 2. The number of fused-ring (bicyclic) bond motifs is 2. The Morgan fingerprint density at radius 3 is 2.23 bits per heavy atom. The Hall–Kier alpha value is -1.21. The van der Waals surface area contributed by atoms with Gasteiger partial charge in [-0.2, -0.15) is 11.8 Å². The van der Waals surface area contributed by atoms with Crippen molar-refractivity contribution in [2.24, 2.45) is 17.3 Å². The van der Waals surface area contributed by atoms with Gasteiger partial charge >= 0.3 is 0 Å². The highest BCUT2D eigenvalue weighted by molar-refractivity contribution is 7.99. The number of rotatable bonds is 2. The molecule has 6 heteroatoms. The van der Waals surface area contributed by atoms with E-state index in [4.69, 9.17) is 8.83 Å². The molecule has 0 aliphatic carbocycles. The van der Waals surface area contributed by atoms with Gasteiger partial charge in [-0.3, -0.25) is 9.80 Å². The molecule has 4 aliphatic heterocycles. The van der Waals surface area contributed by atoms with E-state index in [1.165, 1.54) is 49.0 Å². The molecule has 6 rings (SSSR count). The number of hydrogen-bond donors (Lipinski definition) is 1. The fraction of sp³-hybridized carbons (Fsp3) is 0.724. The molecule has 2 aromatic rings. The molecule has 6 heterocycles. The second-order valence-electron chi connectivity index (χ2n) is 12.1. The van der Waals surface area contributed by atoms with Crippen molar-refractivity contribution in [2.45, 2.75) is 95.6 Å². The Bertz CT molecular complexity index is 949. The van der Waals surface area contributed by atoms with E-state index in [1.807, 2.05) is 18.8 Å². The smallest absolute Gasteiger partial charge is 0.108 e. The molecule has 1 spiro atoms. The first-order valence-corrected chi connectivity index (χ1v) is 15.0. The molecule has 8 atom stereocenters. The minimum absolute atomic E-state index is 0.267. The molecule has 0 aromatic carbocycles. The van der Waals surface area contributed by atoms with Crippen LogP contribution in [-0.4, -0.2) is 51.3 Å². The topological polar surface area (TPSA) is 53.0 Å². The summed E-state index contributed by atoms with van der Waals surface area (Å²) < 4.78 is 11.0. The highest BCUT2D eigenvalue weighted by Gasteiger charge is 2.48. The van der Waals surface area contributed by atoms with Crippen LogP contribution in [0.15, 0.2) is 46.0 Å². The predicted octanol–water partition coefficient (Wildman–Crippen LogP) is 6.48. The van der Waals surface area contributed by atoms with Crippen LogP contribution < -0.4 is 0 Å². The molecule has 1 N–H and O–H groups in total. The van der Waals surface area contributed by atoms with Crippen molar-refractivity contribution in [1.82, 2.24) is 9.80 Å². The summed E-state index contributed by atoms with van der Waals surface area (Å²) in [4.78, 5) is 5.31. The van der Waals surface area contributed by atoms with Gasteiger partial charge in [-0.1, -0.05) is 13.8 Å². The molecule has 4 fully saturated rings. The maximum absolute atomic E-state index is 11.7. The third kappa shape index (κ3) is 4.54. The van der Waals surface area contributed by atoms with E-state index in [0.29, 0.717) is 24.0 Å². The van der Waals surface area contributed by atoms with Crippen LogP contribution in [0.4, 0.5) is 0 Å². The van der Waals surface area contributed by atoms with E-state index in [0.717, 1.165) is 37.5 Å². The van der Waals surface area contributed by atoms with Crippen molar-refractivity contribution >= 4 is 11.8 Å². The molecule has 0 saturated carbocycles. The van der Waals surface area contributed by atoms with Crippen LogP contribution in [-0.2, 0) is 0 Å². The van der Waals surface area contributed by atoms with Crippen LogP contribution in [0.1, 0.15) is 88.4 Å². The Labute approximate surface area is 214 Å². The summed E-state index contributed by atoms with van der Waals surface area (Å²) in [5.41, 5.74) is 2.86. The minimum Gasteiger partial charge on any atom is -0.472 e. The minimum atomic E-state index is -0.388. The summed E-state index contributed by atoms with van der Waals surface area (Å²) in [6.45, 7) is 6.00. The van der Waals surface area contributed by atoms with Crippen LogP contribution in [0.2, 0.25) is 0 Å². The lowest BCUT2D eigenvalue weighted by Crippen LogP contribution is -2.55. The Kier molecular flexibility index (Phi) is 6.85. The first kappa shape index (κ1) is 24.1. The molecule has 0 radical (unpaired) electrons. The van der Waals surface area contributed by atoms with Crippen LogP contribution >= 0.6 is 11.8 Å². The van der Waals surface area contributed by atoms with Crippen LogP contribution in [0.5, 0.6) is 0 Å². The van der Waals surface area contributed by atoms with Gasteiger partial charge in [0.05, 0.1) is 25.1 Å². The maximum atomic E-state index is 11.7. The fourth-order valence-electron chi connectivity index (χ4n) is 7.90. The van der Waals surface area contributed by atoms with Crippen molar-refractivity contribution < 1.29 is 13.9 Å². The van der Waals surface area contributed by atoms with E-state index in [1.54, 1.807) is 6.26 Å². The van der Waals surface area contributed by atoms with Gasteiger partial charge in [0, 0.05) is 53.3 Å². The zero-order chi connectivity index (χ0) is 24.0. The lowest BCUT2D eigenvalue weighted by Gasteiger charge is -2.54. The average Bonchev–Trinajstić information content (AvgIpc) is 3.59. The summed E-state index contributed by atoms with van der Waals surface area (Å²) >= 11 is 2.16. The van der Waals surface area contributed by atoms with Crippen LogP contribution in [0, 0.1) is 17.3 Å². The number of thioether (sulfide) groups is 1. The van der Waals surface area contributed by atoms with Crippen molar-refractivity contribution in [3.05, 3.63) is 48.3 Å². The van der Waals surface area contributed by atoms with Crippen molar-refractivity contribution in [2.75, 3.05) is 18.1 Å². The molecule has 0 bridgehead atoms. The Morgan fingerprint density at radius 2 is 1.51 bits per heavy atom. The monoisotopic (exact) mass is 498 g/mol. The third-order valence-corrected chi connectivity index (χ3v) is 11.4. The van der Waals surface area contributed by atoms with Gasteiger partial charge in [-0.05, 0) is 80.8 Å². The zero-order valence-electron chi connectivity index (χ0n) is 21.4. The molecule has 1 unspecified atom stereocenters. The first-order valence-electron chi connectivity index (χ1n) is 13.9. The maximum Gasteiger partial charge on any atom is 0.108 e. The molecule has 192 valence electrons. The molecule has 2 aromatic heterocycles. The third-order valence-electron chi connectivity index (χ3n) is 9.99. The molecule has 5 nitrogen and oxygen atoms in total. The number of aliphatic hydroxyl groups is 1. The number of nitrogens with zero attached hydrogens (tertiary/aromatic N) is 2. The van der Waals surface area contributed by atoms with Crippen molar-refractivity contribution in [3.8, 4) is 0 Å². The van der Waals surface area contributed by atoms with Crippen LogP contribution in [0.3, 0.4) is 0 Å². The standard InChI is InChI=1S/C29H42N2O3S/c1-20-3-5-25(22-9-13-33-15-22)30-18-29(11-7-24(20)30)12-8-28(32)31-26(23-10-14-34-16-23)6-4-21(2)27(31)17-35-19-29/h9-10,13-16,20-21,24-28,32H,3-8,11-12,17-19H2,1-2H3/t20-,21-,24+,25+,26+,27+,28-,29?/m1/s1. The van der Waals surface area contributed by atoms with Gasteiger partial charge in [0.2, 0.25) is 0 Å². The summed E-state index contributed by atoms with van der Waals surface area (Å²) in [5, 5.41) is 11.7. The van der Waals surface area contributed by atoms with Gasteiger partial charge < -0.3 is 13.9 Å². The van der Waals surface area contributed by atoms with E-state index >= 15 is 0 Å². The number of aliphatic hydroxyl groups excluding tert-OH is 1.